The van der Waals surface area contributed by atoms with E-state index in [0.29, 0.717) is 38.9 Å². The second kappa shape index (κ2) is 9.98. The molecular formula is C23H34N2O5. The molecule has 0 saturated carbocycles. The van der Waals surface area contributed by atoms with Gasteiger partial charge in [-0.05, 0) is 43.0 Å². The van der Waals surface area contributed by atoms with Crippen molar-refractivity contribution in [2.24, 2.45) is 11.8 Å². The first kappa shape index (κ1) is 21.4. The van der Waals surface area contributed by atoms with Crippen LogP contribution in [0.1, 0.15) is 44.7 Å². The van der Waals surface area contributed by atoms with Crippen LogP contribution in [-0.2, 0) is 14.3 Å². The van der Waals surface area contributed by atoms with Gasteiger partial charge in [-0.25, -0.2) is 0 Å². The van der Waals surface area contributed by atoms with Gasteiger partial charge in [0, 0.05) is 18.9 Å². The van der Waals surface area contributed by atoms with Crippen molar-refractivity contribution in [1.29, 1.82) is 0 Å². The number of rotatable bonds is 6. The Morgan fingerprint density at radius 3 is 2.63 bits per heavy atom. The fourth-order valence-electron chi connectivity index (χ4n) is 4.54. The van der Waals surface area contributed by atoms with Gasteiger partial charge in [0.15, 0.2) is 17.8 Å². The molecule has 0 radical (unpaired) electrons. The van der Waals surface area contributed by atoms with E-state index in [1.54, 1.807) is 0 Å². The molecule has 30 heavy (non-hydrogen) atoms. The van der Waals surface area contributed by atoms with Crippen molar-refractivity contribution < 1.29 is 23.7 Å². The lowest BCUT2D eigenvalue weighted by molar-refractivity contribution is -0.126. The van der Waals surface area contributed by atoms with Crippen molar-refractivity contribution in [3.8, 4) is 11.5 Å². The Morgan fingerprint density at radius 2 is 1.87 bits per heavy atom. The van der Waals surface area contributed by atoms with E-state index in [0.717, 1.165) is 49.4 Å². The van der Waals surface area contributed by atoms with Crippen LogP contribution in [0.4, 0.5) is 0 Å². The molecule has 0 spiro atoms. The van der Waals surface area contributed by atoms with Gasteiger partial charge in [0.1, 0.15) is 0 Å². The number of fused-ring (bicyclic) bond motifs is 1. The Kier molecular flexibility index (Phi) is 7.12. The van der Waals surface area contributed by atoms with Crippen molar-refractivity contribution >= 4 is 5.91 Å². The summed E-state index contributed by atoms with van der Waals surface area (Å²) in [5, 5.41) is 3.25. The number of benzene rings is 1. The molecule has 1 aromatic carbocycles. The molecule has 2 fully saturated rings. The topological polar surface area (TPSA) is 69.3 Å². The van der Waals surface area contributed by atoms with Crippen LogP contribution in [0.25, 0.3) is 0 Å². The van der Waals surface area contributed by atoms with Gasteiger partial charge < -0.3 is 24.3 Å². The van der Waals surface area contributed by atoms with Gasteiger partial charge in [-0.2, -0.15) is 0 Å². The fraction of sp³-hybridized carbons (Fsp3) is 0.696. The summed E-state index contributed by atoms with van der Waals surface area (Å²) >= 11 is 0. The number of carbonyl (C=O) groups excluding carboxylic acids is 1. The van der Waals surface area contributed by atoms with Crippen LogP contribution in [0.5, 0.6) is 11.5 Å². The van der Waals surface area contributed by atoms with Crippen LogP contribution < -0.4 is 14.8 Å². The predicted octanol–water partition coefficient (Wildman–Crippen LogP) is 2.75. The Balaban J connectivity index is 1.37. The van der Waals surface area contributed by atoms with Crippen LogP contribution in [0.15, 0.2) is 18.2 Å². The summed E-state index contributed by atoms with van der Waals surface area (Å²) in [4.78, 5) is 15.1. The Bertz CT molecular complexity index is 720. The summed E-state index contributed by atoms with van der Waals surface area (Å²) in [5.74, 6) is 2.20. The maximum atomic E-state index is 12.9. The molecule has 7 nitrogen and oxygen atoms in total. The Hall–Kier alpha value is -1.83. The second-order valence-corrected chi connectivity index (χ2v) is 8.79. The van der Waals surface area contributed by atoms with E-state index in [9.17, 15) is 4.79 Å². The van der Waals surface area contributed by atoms with Crippen molar-refractivity contribution in [2.45, 2.75) is 45.4 Å². The zero-order chi connectivity index (χ0) is 20.9. The van der Waals surface area contributed by atoms with E-state index in [1.807, 2.05) is 18.2 Å². The summed E-state index contributed by atoms with van der Waals surface area (Å²) in [6.07, 6.45) is 2.93. The molecule has 1 amide bonds. The number of amides is 1. The summed E-state index contributed by atoms with van der Waals surface area (Å²) in [7, 11) is 0. The highest BCUT2D eigenvalue weighted by molar-refractivity contribution is 5.78. The maximum Gasteiger partial charge on any atom is 0.234 e. The van der Waals surface area contributed by atoms with Gasteiger partial charge in [-0.15, -0.1) is 0 Å². The van der Waals surface area contributed by atoms with Gasteiger partial charge in [0.2, 0.25) is 5.91 Å². The highest BCUT2D eigenvalue weighted by atomic mass is 16.7. The number of piperidine rings is 1. The Morgan fingerprint density at radius 1 is 1.10 bits per heavy atom. The van der Waals surface area contributed by atoms with Crippen LogP contribution in [0.2, 0.25) is 0 Å². The van der Waals surface area contributed by atoms with Crippen molar-refractivity contribution in [2.75, 3.05) is 46.1 Å². The van der Waals surface area contributed by atoms with Crippen LogP contribution in [-0.4, -0.2) is 63.2 Å². The molecule has 7 heteroatoms. The minimum atomic E-state index is -0.110. The number of ether oxygens (including phenoxy) is 4. The predicted molar refractivity (Wildman–Crippen MR) is 113 cm³/mol. The quantitative estimate of drug-likeness (QED) is 0.766. The molecule has 166 valence electrons. The number of hydrogen-bond donors (Lipinski definition) is 1. The molecule has 0 aromatic heterocycles. The molecule has 4 rings (SSSR count). The van der Waals surface area contributed by atoms with E-state index < -0.39 is 0 Å². The van der Waals surface area contributed by atoms with Crippen molar-refractivity contribution in [3.05, 3.63) is 23.8 Å². The Labute approximate surface area is 179 Å². The molecule has 3 aliphatic rings. The standard InChI is InChI=1S/C23H34N2O5/c1-16(2)22(17-6-7-19-20(13-17)28-10-4-9-27-19)24-21(26)15-25-8-3-5-18(14-25)23-29-11-12-30-23/h6-7,13,16,18,22-23H,3-5,8-12,14-15H2,1-2H3,(H,24,26). The van der Waals surface area contributed by atoms with Gasteiger partial charge in [0.05, 0.1) is 39.0 Å². The minimum Gasteiger partial charge on any atom is -0.490 e. The van der Waals surface area contributed by atoms with E-state index in [2.05, 4.69) is 24.1 Å². The van der Waals surface area contributed by atoms with E-state index in [-0.39, 0.29) is 24.2 Å². The third-order valence-corrected chi connectivity index (χ3v) is 6.06. The van der Waals surface area contributed by atoms with E-state index >= 15 is 0 Å². The molecule has 3 heterocycles. The first-order chi connectivity index (χ1) is 14.6. The SMILES string of the molecule is CC(C)C(NC(=O)CN1CCCC(C2OCCO2)C1)c1ccc2c(c1)OCCCO2. The number of likely N-dealkylation sites (tertiary alicyclic amines) is 1. The molecule has 3 aliphatic heterocycles. The summed E-state index contributed by atoms with van der Waals surface area (Å²) < 4.78 is 22.9. The average molecular weight is 419 g/mol. The van der Waals surface area contributed by atoms with Crippen LogP contribution in [0.3, 0.4) is 0 Å². The van der Waals surface area contributed by atoms with Crippen molar-refractivity contribution in [3.63, 3.8) is 0 Å². The van der Waals surface area contributed by atoms with Gasteiger partial charge in [-0.3, -0.25) is 9.69 Å². The lowest BCUT2D eigenvalue weighted by Gasteiger charge is -2.34. The molecule has 1 aromatic rings. The molecule has 2 atom stereocenters. The third-order valence-electron chi connectivity index (χ3n) is 6.06. The van der Waals surface area contributed by atoms with E-state index in [4.69, 9.17) is 18.9 Å². The fourth-order valence-corrected chi connectivity index (χ4v) is 4.54. The number of hydrogen-bond acceptors (Lipinski definition) is 6. The van der Waals surface area contributed by atoms with Crippen LogP contribution >= 0.6 is 0 Å². The van der Waals surface area contributed by atoms with Crippen molar-refractivity contribution in [1.82, 2.24) is 10.2 Å². The smallest absolute Gasteiger partial charge is 0.234 e. The third kappa shape index (κ3) is 5.25. The monoisotopic (exact) mass is 418 g/mol. The highest BCUT2D eigenvalue weighted by Gasteiger charge is 2.32. The maximum absolute atomic E-state index is 12.9. The van der Waals surface area contributed by atoms with Gasteiger partial charge in [0.25, 0.3) is 0 Å². The minimum absolute atomic E-state index is 0.0507. The highest BCUT2D eigenvalue weighted by Crippen LogP contribution is 2.34. The summed E-state index contributed by atoms with van der Waals surface area (Å²) in [6.45, 7) is 9.10. The average Bonchev–Trinajstić information content (AvgIpc) is 3.18. The molecule has 1 N–H and O–H groups in total. The first-order valence-electron chi connectivity index (χ1n) is 11.2. The zero-order valence-corrected chi connectivity index (χ0v) is 18.1. The molecule has 0 aliphatic carbocycles. The summed E-state index contributed by atoms with van der Waals surface area (Å²) in [6, 6.07) is 5.92. The number of nitrogens with zero attached hydrogens (tertiary/aromatic N) is 1. The lowest BCUT2D eigenvalue weighted by Crippen LogP contribution is -2.46. The summed E-state index contributed by atoms with van der Waals surface area (Å²) in [5.41, 5.74) is 1.05. The molecule has 2 saturated heterocycles. The van der Waals surface area contributed by atoms with Crippen LogP contribution in [0, 0.1) is 11.8 Å². The normalized spacial score (nSPS) is 23.9. The molecule has 2 unspecified atom stereocenters. The lowest BCUT2D eigenvalue weighted by atomic mass is 9.95. The largest absolute Gasteiger partial charge is 0.490 e. The van der Waals surface area contributed by atoms with Gasteiger partial charge >= 0.3 is 0 Å². The van der Waals surface area contributed by atoms with E-state index in [1.165, 1.54) is 0 Å². The molecular weight excluding hydrogens is 384 g/mol. The number of nitrogens with one attached hydrogen (secondary N) is 1. The van der Waals surface area contributed by atoms with Gasteiger partial charge in [-0.1, -0.05) is 19.9 Å². The molecule has 0 bridgehead atoms. The zero-order valence-electron chi connectivity index (χ0n) is 18.1. The first-order valence-corrected chi connectivity index (χ1v) is 11.2. The second-order valence-electron chi connectivity index (χ2n) is 8.79. The number of carbonyl (C=O) groups is 1.